The van der Waals surface area contributed by atoms with E-state index in [-0.39, 0.29) is 22.8 Å². The molecule has 27 heavy (non-hydrogen) atoms. The van der Waals surface area contributed by atoms with Gasteiger partial charge < -0.3 is 9.47 Å². The maximum absolute atomic E-state index is 13.6. The van der Waals surface area contributed by atoms with E-state index in [0.29, 0.717) is 19.4 Å². The normalized spacial score (nSPS) is 17.8. The molecule has 0 aromatic carbocycles. The zero-order chi connectivity index (χ0) is 20.4. The summed E-state index contributed by atoms with van der Waals surface area (Å²) in [5.74, 6) is -1.32. The standard InChI is InChI=1S/C17H20F5NO3S/c1-8(2)7-9-11(16(24)25-3)12(15(18)19)23-14(17(20,21)22)13(9)27-10-5-4-6-26-10/h8,10,15H,4-7H2,1-3H3. The quantitative estimate of drug-likeness (QED) is 0.471. The SMILES string of the molecule is COC(=O)c1c(C(F)F)nc(C(F)(F)F)c(SC2CCCO2)c1CC(C)C. The third-order valence-corrected chi connectivity index (χ3v) is 5.20. The van der Waals surface area contributed by atoms with Crippen LogP contribution in [0.1, 0.15) is 60.4 Å². The van der Waals surface area contributed by atoms with Crippen molar-refractivity contribution < 1.29 is 36.2 Å². The maximum atomic E-state index is 13.6. The lowest BCUT2D eigenvalue weighted by molar-refractivity contribution is -0.143. The summed E-state index contributed by atoms with van der Waals surface area (Å²) in [7, 11) is 0.987. The number of hydrogen-bond donors (Lipinski definition) is 0. The van der Waals surface area contributed by atoms with Gasteiger partial charge in [0.05, 0.1) is 12.7 Å². The highest BCUT2D eigenvalue weighted by atomic mass is 32.2. The van der Waals surface area contributed by atoms with E-state index >= 15 is 0 Å². The Kier molecular flexibility index (Phi) is 7.07. The number of esters is 1. The number of aromatic nitrogens is 1. The highest BCUT2D eigenvalue weighted by Gasteiger charge is 2.41. The Morgan fingerprint density at radius 3 is 2.48 bits per heavy atom. The molecular weight excluding hydrogens is 393 g/mol. The van der Waals surface area contributed by atoms with Crippen LogP contribution < -0.4 is 0 Å². The second kappa shape index (κ2) is 8.72. The molecule has 1 unspecified atom stereocenters. The van der Waals surface area contributed by atoms with Crippen LogP contribution in [0.25, 0.3) is 0 Å². The van der Waals surface area contributed by atoms with Crippen molar-refractivity contribution in [1.29, 1.82) is 0 Å². The Morgan fingerprint density at radius 1 is 1.37 bits per heavy atom. The summed E-state index contributed by atoms with van der Waals surface area (Å²) in [5, 5.41) is 0. The first kappa shape index (κ1) is 21.9. The van der Waals surface area contributed by atoms with Crippen molar-refractivity contribution in [1.82, 2.24) is 4.98 Å². The van der Waals surface area contributed by atoms with Crippen LogP contribution in [-0.4, -0.2) is 30.1 Å². The van der Waals surface area contributed by atoms with Crippen molar-refractivity contribution in [3.63, 3.8) is 0 Å². The first-order valence-electron chi connectivity index (χ1n) is 8.34. The number of rotatable bonds is 6. The number of halogens is 5. The van der Waals surface area contributed by atoms with Crippen molar-refractivity contribution in [2.45, 2.75) is 56.0 Å². The lowest BCUT2D eigenvalue weighted by Crippen LogP contribution is -2.21. The Bertz CT molecular complexity index is 688. The van der Waals surface area contributed by atoms with E-state index in [2.05, 4.69) is 9.72 Å². The van der Waals surface area contributed by atoms with E-state index in [1.54, 1.807) is 13.8 Å². The van der Waals surface area contributed by atoms with Gasteiger partial charge in [-0.3, -0.25) is 0 Å². The molecule has 2 rings (SSSR count). The Morgan fingerprint density at radius 2 is 2.04 bits per heavy atom. The average Bonchev–Trinajstić information content (AvgIpc) is 3.06. The van der Waals surface area contributed by atoms with Gasteiger partial charge in [-0.25, -0.2) is 18.6 Å². The predicted octanol–water partition coefficient (Wildman–Crippen LogP) is 5.25. The van der Waals surface area contributed by atoms with Crippen molar-refractivity contribution in [2.75, 3.05) is 13.7 Å². The highest BCUT2D eigenvalue weighted by molar-refractivity contribution is 7.99. The van der Waals surface area contributed by atoms with Gasteiger partial charge in [-0.05, 0) is 30.7 Å². The molecule has 10 heteroatoms. The summed E-state index contributed by atoms with van der Waals surface area (Å²) < 4.78 is 77.8. The highest BCUT2D eigenvalue weighted by Crippen LogP contribution is 2.44. The van der Waals surface area contributed by atoms with Gasteiger partial charge in [0, 0.05) is 11.5 Å². The number of pyridine rings is 1. The molecule has 0 amide bonds. The third-order valence-electron chi connectivity index (χ3n) is 3.89. The van der Waals surface area contributed by atoms with Crippen LogP contribution in [0.4, 0.5) is 22.0 Å². The second-order valence-electron chi connectivity index (χ2n) is 6.48. The zero-order valence-corrected chi connectivity index (χ0v) is 15.8. The molecular formula is C17H20F5NO3S. The van der Waals surface area contributed by atoms with E-state index < -0.39 is 41.0 Å². The minimum atomic E-state index is -4.95. The van der Waals surface area contributed by atoms with Gasteiger partial charge in [-0.2, -0.15) is 13.2 Å². The van der Waals surface area contributed by atoms with Crippen LogP contribution in [0.5, 0.6) is 0 Å². The van der Waals surface area contributed by atoms with E-state index in [9.17, 15) is 26.7 Å². The van der Waals surface area contributed by atoms with Gasteiger partial charge in [0.15, 0.2) is 5.69 Å². The largest absolute Gasteiger partial charge is 0.465 e. The topological polar surface area (TPSA) is 48.4 Å². The predicted molar refractivity (Wildman–Crippen MR) is 88.9 cm³/mol. The molecule has 0 saturated carbocycles. The molecule has 1 aliphatic rings. The fourth-order valence-electron chi connectivity index (χ4n) is 2.82. The molecule has 0 radical (unpaired) electrons. The van der Waals surface area contributed by atoms with Crippen LogP contribution >= 0.6 is 11.8 Å². The van der Waals surface area contributed by atoms with Crippen molar-refractivity contribution >= 4 is 17.7 Å². The fourth-order valence-corrected chi connectivity index (χ4v) is 4.13. The minimum Gasteiger partial charge on any atom is -0.465 e. The van der Waals surface area contributed by atoms with E-state index in [1.165, 1.54) is 0 Å². The number of nitrogens with zero attached hydrogens (tertiary/aromatic N) is 1. The van der Waals surface area contributed by atoms with Crippen molar-refractivity contribution in [2.24, 2.45) is 5.92 Å². The number of methoxy groups -OCH3 is 1. The summed E-state index contributed by atoms with van der Waals surface area (Å²) in [6.07, 6.45) is -7.11. The third kappa shape index (κ3) is 5.10. The molecule has 4 nitrogen and oxygen atoms in total. The number of ether oxygens (including phenoxy) is 2. The van der Waals surface area contributed by atoms with Crippen molar-refractivity contribution in [3.8, 4) is 0 Å². The Labute approximate surface area is 157 Å². The van der Waals surface area contributed by atoms with E-state index in [1.807, 2.05) is 0 Å². The molecule has 0 bridgehead atoms. The number of alkyl halides is 5. The first-order chi connectivity index (χ1) is 12.6. The molecule has 152 valence electrons. The fraction of sp³-hybridized carbons (Fsp3) is 0.647. The van der Waals surface area contributed by atoms with Gasteiger partial charge in [0.25, 0.3) is 6.43 Å². The van der Waals surface area contributed by atoms with Gasteiger partial charge in [-0.15, -0.1) is 0 Å². The number of carbonyl (C=O) groups excluding carboxylic acids is 1. The summed E-state index contributed by atoms with van der Waals surface area (Å²) >= 11 is 0.778. The van der Waals surface area contributed by atoms with E-state index in [4.69, 9.17) is 4.74 Å². The Hall–Kier alpha value is -1.42. The van der Waals surface area contributed by atoms with Crippen LogP contribution in [0.15, 0.2) is 4.90 Å². The van der Waals surface area contributed by atoms with Crippen LogP contribution in [-0.2, 0) is 22.1 Å². The molecule has 0 spiro atoms. The monoisotopic (exact) mass is 413 g/mol. The summed E-state index contributed by atoms with van der Waals surface area (Å²) in [4.78, 5) is 15.0. The molecule has 1 aromatic rings. The Balaban J connectivity index is 2.79. The number of carbonyl (C=O) groups is 1. The number of thioether (sulfide) groups is 1. The molecule has 1 saturated heterocycles. The van der Waals surface area contributed by atoms with Gasteiger partial charge in [0.1, 0.15) is 11.1 Å². The van der Waals surface area contributed by atoms with Crippen molar-refractivity contribution in [3.05, 3.63) is 22.5 Å². The molecule has 1 fully saturated rings. The van der Waals surface area contributed by atoms with E-state index in [0.717, 1.165) is 18.9 Å². The van der Waals surface area contributed by atoms with Gasteiger partial charge >= 0.3 is 12.1 Å². The van der Waals surface area contributed by atoms with Crippen LogP contribution in [0.2, 0.25) is 0 Å². The molecule has 1 aromatic heterocycles. The molecule has 1 aliphatic heterocycles. The lowest BCUT2D eigenvalue weighted by atomic mass is 9.96. The first-order valence-corrected chi connectivity index (χ1v) is 9.22. The summed E-state index contributed by atoms with van der Waals surface area (Å²) in [6.45, 7) is 3.85. The zero-order valence-electron chi connectivity index (χ0n) is 15.0. The van der Waals surface area contributed by atoms with Gasteiger partial charge in [-0.1, -0.05) is 25.6 Å². The van der Waals surface area contributed by atoms with Gasteiger partial charge in [0.2, 0.25) is 0 Å². The summed E-state index contributed by atoms with van der Waals surface area (Å²) in [6, 6.07) is 0. The molecule has 0 aliphatic carbocycles. The average molecular weight is 413 g/mol. The maximum Gasteiger partial charge on any atom is 0.434 e. The minimum absolute atomic E-state index is 0.00912. The van der Waals surface area contributed by atoms with Crippen LogP contribution in [0.3, 0.4) is 0 Å². The lowest BCUT2D eigenvalue weighted by Gasteiger charge is -2.23. The second-order valence-corrected chi connectivity index (χ2v) is 7.65. The molecule has 2 heterocycles. The molecule has 0 N–H and O–H groups in total. The smallest absolute Gasteiger partial charge is 0.434 e. The molecule has 1 atom stereocenters. The summed E-state index contributed by atoms with van der Waals surface area (Å²) in [5.41, 5.74) is -3.88. The number of hydrogen-bond acceptors (Lipinski definition) is 5. The van der Waals surface area contributed by atoms with Crippen LogP contribution in [0, 0.1) is 5.92 Å².